The number of nitrogens with one attached hydrogen (secondary N) is 1. The number of hydrogen-bond donors (Lipinski definition) is 1. The molecule has 0 aromatic heterocycles. The summed E-state index contributed by atoms with van der Waals surface area (Å²) < 4.78 is 61.5. The van der Waals surface area contributed by atoms with E-state index in [0.717, 1.165) is 5.56 Å². The molecule has 0 aliphatic carbocycles. The quantitative estimate of drug-likeness (QED) is 0.527. The summed E-state index contributed by atoms with van der Waals surface area (Å²) in [5.41, 5.74) is 2.11. The van der Waals surface area contributed by atoms with Crippen molar-refractivity contribution in [2.45, 2.75) is 29.6 Å². The number of nitrogens with zero attached hydrogens (tertiary/aromatic N) is 1. The molecule has 0 spiro atoms. The minimum absolute atomic E-state index is 0.0939. The maximum absolute atomic E-state index is 13.3. The van der Waals surface area contributed by atoms with Crippen molar-refractivity contribution in [1.82, 2.24) is 0 Å². The number of hydrogen-bond acceptors (Lipinski definition) is 5. The Morgan fingerprint density at radius 2 is 1.73 bits per heavy atom. The number of halogens is 1. The van der Waals surface area contributed by atoms with Gasteiger partial charge in [-0.2, -0.15) is 0 Å². The Morgan fingerprint density at radius 3 is 2.42 bits per heavy atom. The summed E-state index contributed by atoms with van der Waals surface area (Å²) in [6, 6.07) is 15.8. The second-order valence-electron chi connectivity index (χ2n) is 7.67. The van der Waals surface area contributed by atoms with Crippen LogP contribution in [0.4, 0.5) is 11.4 Å². The summed E-state index contributed by atoms with van der Waals surface area (Å²) in [5, 5.41) is 0.364. The van der Waals surface area contributed by atoms with Gasteiger partial charge in [0.25, 0.3) is 20.0 Å². The molecular weight excluding hydrogens is 484 g/mol. The van der Waals surface area contributed by atoms with Crippen LogP contribution < -0.4 is 13.8 Å². The molecule has 0 atom stereocenters. The smallest absolute Gasteiger partial charge is 0.264 e. The molecule has 7 nitrogen and oxygen atoms in total. The van der Waals surface area contributed by atoms with Crippen LogP contribution in [0, 0.1) is 6.92 Å². The average Bonchev–Trinajstić information content (AvgIpc) is 2.80. The van der Waals surface area contributed by atoms with Gasteiger partial charge in [0, 0.05) is 17.3 Å². The summed E-state index contributed by atoms with van der Waals surface area (Å²) in [7, 11) is -6.12. The molecule has 10 heteroatoms. The third-order valence-electron chi connectivity index (χ3n) is 5.56. The molecule has 0 saturated carbocycles. The zero-order valence-electron chi connectivity index (χ0n) is 18.1. The van der Waals surface area contributed by atoms with Crippen LogP contribution in [0.3, 0.4) is 0 Å². The molecule has 1 N–H and O–H groups in total. The van der Waals surface area contributed by atoms with E-state index in [4.69, 9.17) is 16.3 Å². The van der Waals surface area contributed by atoms with E-state index in [2.05, 4.69) is 4.72 Å². The number of rotatable bonds is 6. The molecule has 0 radical (unpaired) electrons. The van der Waals surface area contributed by atoms with Gasteiger partial charge in [0.05, 0.1) is 22.6 Å². The van der Waals surface area contributed by atoms with Crippen molar-refractivity contribution in [3.63, 3.8) is 0 Å². The van der Waals surface area contributed by atoms with Gasteiger partial charge in [-0.1, -0.05) is 17.7 Å². The fraction of sp³-hybridized carbons (Fsp3) is 0.217. The number of ether oxygens (including phenoxy) is 1. The minimum atomic E-state index is -3.86. The second kappa shape index (κ2) is 8.89. The van der Waals surface area contributed by atoms with Crippen molar-refractivity contribution >= 4 is 43.0 Å². The number of fused-ring (bicyclic) bond motifs is 1. The van der Waals surface area contributed by atoms with Crippen molar-refractivity contribution in [3.05, 3.63) is 76.8 Å². The Bertz CT molecular complexity index is 1410. The van der Waals surface area contributed by atoms with Crippen molar-refractivity contribution in [1.29, 1.82) is 0 Å². The standard InChI is InChI=1S/C23H23ClN2O5S2/c1-16-21(24)6-3-7-23(16)32(27,28)25-18-8-13-22-17(15-18)5-4-14-26(22)33(29,30)20-11-9-19(31-2)10-12-20/h3,6-13,15,25H,4-5,14H2,1-2H3. The van der Waals surface area contributed by atoms with Crippen molar-refractivity contribution < 1.29 is 21.6 Å². The van der Waals surface area contributed by atoms with Crippen LogP contribution in [-0.4, -0.2) is 30.5 Å². The third-order valence-corrected chi connectivity index (χ3v) is 9.33. The van der Waals surface area contributed by atoms with Gasteiger partial charge in [0.1, 0.15) is 5.75 Å². The second-order valence-corrected chi connectivity index (χ2v) is 11.6. The van der Waals surface area contributed by atoms with E-state index in [1.54, 1.807) is 49.4 Å². The molecule has 4 rings (SSSR count). The van der Waals surface area contributed by atoms with E-state index in [0.29, 0.717) is 47.1 Å². The monoisotopic (exact) mass is 506 g/mol. The van der Waals surface area contributed by atoms with Gasteiger partial charge >= 0.3 is 0 Å². The van der Waals surface area contributed by atoms with Crippen LogP contribution in [-0.2, 0) is 26.5 Å². The highest BCUT2D eigenvalue weighted by atomic mass is 35.5. The van der Waals surface area contributed by atoms with Gasteiger partial charge in [-0.25, -0.2) is 16.8 Å². The Morgan fingerprint density at radius 1 is 1.00 bits per heavy atom. The molecule has 1 aliphatic rings. The normalized spacial score (nSPS) is 14.0. The number of benzene rings is 3. The van der Waals surface area contributed by atoms with Crippen molar-refractivity contribution in [3.8, 4) is 5.75 Å². The van der Waals surface area contributed by atoms with Gasteiger partial charge < -0.3 is 4.74 Å². The van der Waals surface area contributed by atoms with Crippen molar-refractivity contribution in [2.75, 3.05) is 22.7 Å². The molecule has 1 aliphatic heterocycles. The van der Waals surface area contributed by atoms with Gasteiger partial charge in [0.2, 0.25) is 0 Å². The first kappa shape index (κ1) is 23.4. The molecule has 0 amide bonds. The SMILES string of the molecule is COc1ccc(S(=O)(=O)N2CCCc3cc(NS(=O)(=O)c4cccc(Cl)c4C)ccc32)cc1. The highest BCUT2D eigenvalue weighted by Crippen LogP contribution is 2.35. The Hall–Kier alpha value is -2.75. The fourth-order valence-electron chi connectivity index (χ4n) is 3.84. The maximum Gasteiger partial charge on any atom is 0.264 e. The van der Waals surface area contributed by atoms with Gasteiger partial charge in [0.15, 0.2) is 0 Å². The summed E-state index contributed by atoms with van der Waals surface area (Å²) in [4.78, 5) is 0.258. The number of methoxy groups -OCH3 is 1. The molecule has 0 saturated heterocycles. The zero-order chi connectivity index (χ0) is 23.8. The average molecular weight is 507 g/mol. The lowest BCUT2D eigenvalue weighted by Gasteiger charge is -2.31. The van der Waals surface area contributed by atoms with E-state index in [1.807, 2.05) is 0 Å². The maximum atomic E-state index is 13.3. The van der Waals surface area contributed by atoms with E-state index in [1.165, 1.54) is 29.6 Å². The molecule has 1 heterocycles. The number of sulfonamides is 2. The Kier molecular flexibility index (Phi) is 6.30. The van der Waals surface area contributed by atoms with E-state index >= 15 is 0 Å². The third kappa shape index (κ3) is 4.53. The van der Waals surface area contributed by atoms with Crippen LogP contribution in [0.15, 0.2) is 70.5 Å². The molecular formula is C23H23ClN2O5S2. The largest absolute Gasteiger partial charge is 0.497 e. The van der Waals surface area contributed by atoms with Crippen LogP contribution >= 0.6 is 11.6 Å². The van der Waals surface area contributed by atoms with E-state index < -0.39 is 20.0 Å². The van der Waals surface area contributed by atoms with E-state index in [-0.39, 0.29) is 9.79 Å². The van der Waals surface area contributed by atoms with E-state index in [9.17, 15) is 16.8 Å². The Labute approximate surface area is 199 Å². The van der Waals surface area contributed by atoms with Crippen LogP contribution in [0.5, 0.6) is 5.75 Å². The lowest BCUT2D eigenvalue weighted by molar-refractivity contribution is 0.414. The summed E-state index contributed by atoms with van der Waals surface area (Å²) in [5.74, 6) is 0.569. The molecule has 174 valence electrons. The fourth-order valence-corrected chi connectivity index (χ4v) is 6.93. The number of anilines is 2. The molecule has 0 fully saturated rings. The minimum Gasteiger partial charge on any atom is -0.497 e. The molecule has 0 bridgehead atoms. The van der Waals surface area contributed by atoms with Gasteiger partial charge in [-0.05, 0) is 85.5 Å². The first-order valence-corrected chi connectivity index (χ1v) is 13.5. The zero-order valence-corrected chi connectivity index (χ0v) is 20.5. The first-order chi connectivity index (χ1) is 15.6. The van der Waals surface area contributed by atoms with Crippen LogP contribution in [0.1, 0.15) is 17.5 Å². The van der Waals surface area contributed by atoms with Crippen LogP contribution in [0.25, 0.3) is 0 Å². The predicted molar refractivity (Wildman–Crippen MR) is 129 cm³/mol. The van der Waals surface area contributed by atoms with Crippen molar-refractivity contribution in [2.24, 2.45) is 0 Å². The predicted octanol–water partition coefficient (Wildman–Crippen LogP) is 4.60. The summed E-state index contributed by atoms with van der Waals surface area (Å²) >= 11 is 6.08. The number of aryl methyl sites for hydroxylation is 1. The highest BCUT2D eigenvalue weighted by molar-refractivity contribution is 7.93. The van der Waals surface area contributed by atoms with Gasteiger partial charge in [-0.15, -0.1) is 0 Å². The Balaban J connectivity index is 1.65. The lowest BCUT2D eigenvalue weighted by Crippen LogP contribution is -2.35. The molecule has 33 heavy (non-hydrogen) atoms. The highest BCUT2D eigenvalue weighted by Gasteiger charge is 2.29. The lowest BCUT2D eigenvalue weighted by atomic mass is 10.0. The molecule has 3 aromatic rings. The first-order valence-electron chi connectivity index (χ1n) is 10.2. The topological polar surface area (TPSA) is 92.8 Å². The van der Waals surface area contributed by atoms with Gasteiger partial charge in [-0.3, -0.25) is 9.03 Å². The molecule has 3 aromatic carbocycles. The summed E-state index contributed by atoms with van der Waals surface area (Å²) in [6.45, 7) is 1.99. The van der Waals surface area contributed by atoms with Crippen LogP contribution in [0.2, 0.25) is 5.02 Å². The molecule has 0 unspecified atom stereocenters. The summed E-state index contributed by atoms with van der Waals surface area (Å²) in [6.07, 6.45) is 1.25.